The average molecular weight is 616 g/mol. The van der Waals surface area contributed by atoms with E-state index < -0.39 is 0 Å². The molecule has 5 heteroatoms. The van der Waals surface area contributed by atoms with E-state index in [1.165, 1.54) is 0 Å². The second-order valence-electron chi connectivity index (χ2n) is 12.0. The van der Waals surface area contributed by atoms with Gasteiger partial charge in [-0.1, -0.05) is 109 Å². The molecule has 3 heterocycles. The van der Waals surface area contributed by atoms with Gasteiger partial charge in [0.2, 0.25) is 0 Å². The quantitative estimate of drug-likeness (QED) is 0.197. The van der Waals surface area contributed by atoms with Crippen LogP contribution in [0.1, 0.15) is 0 Å². The summed E-state index contributed by atoms with van der Waals surface area (Å²) in [5.74, 6) is 1.82. The number of nitrogens with zero attached hydrogens (tertiary/aromatic N) is 3. The third-order valence-corrected chi connectivity index (χ3v) is 9.11. The fraction of sp³-hybridized carbons (Fsp3) is 0. The summed E-state index contributed by atoms with van der Waals surface area (Å²) in [6, 6.07) is 51.6. The zero-order valence-electron chi connectivity index (χ0n) is 25.6. The number of furan rings is 2. The molecule has 0 amide bonds. The van der Waals surface area contributed by atoms with Gasteiger partial charge in [0.05, 0.1) is 0 Å². The Morgan fingerprint density at radius 3 is 1.71 bits per heavy atom. The zero-order chi connectivity index (χ0) is 31.6. The number of hydrogen-bond acceptors (Lipinski definition) is 5. The highest BCUT2D eigenvalue weighted by molar-refractivity contribution is 6.18. The van der Waals surface area contributed by atoms with Crippen molar-refractivity contribution in [1.82, 2.24) is 15.0 Å². The van der Waals surface area contributed by atoms with Crippen molar-refractivity contribution in [3.8, 4) is 45.3 Å². The highest BCUT2D eigenvalue weighted by Gasteiger charge is 2.22. The molecule has 7 aromatic carbocycles. The van der Waals surface area contributed by atoms with Crippen LogP contribution >= 0.6 is 0 Å². The highest BCUT2D eigenvalue weighted by atomic mass is 16.3. The summed E-state index contributed by atoms with van der Waals surface area (Å²) < 4.78 is 13.0. The van der Waals surface area contributed by atoms with Crippen LogP contribution in [-0.2, 0) is 0 Å². The standard InChI is InChI=1S/C43H25N3O2/c1-3-11-26(12-4-1)41-44-42(27-13-5-2-6-14-27)46-43(45-41)33-21-20-31(30-19-22-37-34(24-30)32-17-9-10-18-36(32)47-37)40-39(33)35-23-28-15-7-8-16-29(28)25-38(35)48-40/h1-25H. The molecule has 10 aromatic rings. The first-order chi connectivity index (χ1) is 23.8. The highest BCUT2D eigenvalue weighted by Crippen LogP contribution is 2.43. The van der Waals surface area contributed by atoms with E-state index in [1.54, 1.807) is 0 Å². The van der Waals surface area contributed by atoms with Crippen molar-refractivity contribution in [3.05, 3.63) is 152 Å². The second kappa shape index (κ2) is 10.5. The Labute approximate surface area is 274 Å². The van der Waals surface area contributed by atoms with Crippen LogP contribution in [0.15, 0.2) is 160 Å². The summed E-state index contributed by atoms with van der Waals surface area (Å²) >= 11 is 0. The molecule has 0 aliphatic carbocycles. The van der Waals surface area contributed by atoms with Crippen molar-refractivity contribution in [2.45, 2.75) is 0 Å². The van der Waals surface area contributed by atoms with E-state index in [0.29, 0.717) is 17.5 Å². The molecule has 0 N–H and O–H groups in total. The van der Waals surface area contributed by atoms with Crippen molar-refractivity contribution in [2.75, 3.05) is 0 Å². The van der Waals surface area contributed by atoms with Crippen LogP contribution in [-0.4, -0.2) is 15.0 Å². The number of para-hydroxylation sites is 1. The van der Waals surface area contributed by atoms with Crippen LogP contribution < -0.4 is 0 Å². The first kappa shape index (κ1) is 26.6. The molecule has 5 nitrogen and oxygen atoms in total. The van der Waals surface area contributed by atoms with Crippen molar-refractivity contribution >= 4 is 54.6 Å². The maximum atomic E-state index is 6.82. The zero-order valence-corrected chi connectivity index (χ0v) is 25.6. The van der Waals surface area contributed by atoms with Crippen LogP contribution in [0.5, 0.6) is 0 Å². The van der Waals surface area contributed by atoms with Gasteiger partial charge in [-0.25, -0.2) is 15.0 Å². The lowest BCUT2D eigenvalue weighted by Crippen LogP contribution is -2.00. The molecular formula is C43H25N3O2. The van der Waals surface area contributed by atoms with E-state index in [1.807, 2.05) is 84.9 Å². The normalized spacial score (nSPS) is 11.8. The maximum absolute atomic E-state index is 6.82. The van der Waals surface area contributed by atoms with Crippen molar-refractivity contribution in [2.24, 2.45) is 0 Å². The minimum Gasteiger partial charge on any atom is -0.456 e. The van der Waals surface area contributed by atoms with Gasteiger partial charge in [0, 0.05) is 43.8 Å². The first-order valence-corrected chi connectivity index (χ1v) is 15.9. The van der Waals surface area contributed by atoms with E-state index in [4.69, 9.17) is 23.8 Å². The summed E-state index contributed by atoms with van der Waals surface area (Å²) in [5.41, 5.74) is 8.09. The predicted octanol–water partition coefficient (Wildman–Crippen LogP) is 11.5. The Hall–Kier alpha value is -6.59. The molecule has 224 valence electrons. The average Bonchev–Trinajstić information content (AvgIpc) is 3.72. The van der Waals surface area contributed by atoms with E-state index in [2.05, 4.69) is 66.7 Å². The predicted molar refractivity (Wildman–Crippen MR) is 194 cm³/mol. The Morgan fingerprint density at radius 1 is 0.354 bits per heavy atom. The van der Waals surface area contributed by atoms with Gasteiger partial charge in [0.15, 0.2) is 17.5 Å². The largest absolute Gasteiger partial charge is 0.456 e. The maximum Gasteiger partial charge on any atom is 0.164 e. The van der Waals surface area contributed by atoms with Gasteiger partial charge in [-0.15, -0.1) is 0 Å². The molecule has 0 fully saturated rings. The second-order valence-corrected chi connectivity index (χ2v) is 12.0. The molecule has 0 saturated heterocycles. The molecule has 0 spiro atoms. The molecule has 0 atom stereocenters. The lowest BCUT2D eigenvalue weighted by atomic mass is 9.96. The summed E-state index contributed by atoms with van der Waals surface area (Å²) in [5, 5.41) is 6.40. The van der Waals surface area contributed by atoms with Gasteiger partial charge in [0.25, 0.3) is 0 Å². The molecule has 0 aliphatic rings. The van der Waals surface area contributed by atoms with Crippen molar-refractivity contribution < 1.29 is 8.83 Å². The Balaban J connectivity index is 1.28. The summed E-state index contributed by atoms with van der Waals surface area (Å²) in [4.78, 5) is 15.1. The van der Waals surface area contributed by atoms with Crippen LogP contribution in [0, 0.1) is 0 Å². The van der Waals surface area contributed by atoms with Gasteiger partial charge in [-0.05, 0) is 58.8 Å². The molecule has 3 aromatic heterocycles. The molecule has 0 aliphatic heterocycles. The topological polar surface area (TPSA) is 65.0 Å². The molecular weight excluding hydrogens is 590 g/mol. The van der Waals surface area contributed by atoms with E-state index in [-0.39, 0.29) is 0 Å². The van der Waals surface area contributed by atoms with Crippen LogP contribution in [0.25, 0.3) is 99.9 Å². The Morgan fingerprint density at radius 2 is 0.958 bits per heavy atom. The first-order valence-electron chi connectivity index (χ1n) is 15.9. The number of benzene rings is 7. The smallest absolute Gasteiger partial charge is 0.164 e. The Kier molecular flexibility index (Phi) is 5.81. The van der Waals surface area contributed by atoms with Gasteiger partial charge < -0.3 is 8.83 Å². The fourth-order valence-electron chi connectivity index (χ4n) is 6.80. The number of fused-ring (bicyclic) bond motifs is 7. The van der Waals surface area contributed by atoms with Crippen LogP contribution in [0.3, 0.4) is 0 Å². The van der Waals surface area contributed by atoms with Gasteiger partial charge in [-0.3, -0.25) is 0 Å². The van der Waals surface area contributed by atoms with Crippen LogP contribution in [0.4, 0.5) is 0 Å². The lowest BCUT2D eigenvalue weighted by molar-refractivity contribution is 0.668. The van der Waals surface area contributed by atoms with Gasteiger partial charge >= 0.3 is 0 Å². The number of hydrogen-bond donors (Lipinski definition) is 0. The molecule has 0 radical (unpaired) electrons. The van der Waals surface area contributed by atoms with Crippen molar-refractivity contribution in [1.29, 1.82) is 0 Å². The Bertz CT molecular complexity index is 2780. The van der Waals surface area contributed by atoms with E-state index in [9.17, 15) is 0 Å². The summed E-state index contributed by atoms with van der Waals surface area (Å²) in [6.07, 6.45) is 0. The third-order valence-electron chi connectivity index (χ3n) is 9.11. The van der Waals surface area contributed by atoms with Crippen LogP contribution in [0.2, 0.25) is 0 Å². The molecule has 0 bridgehead atoms. The molecule has 48 heavy (non-hydrogen) atoms. The van der Waals surface area contributed by atoms with E-state index in [0.717, 1.165) is 82.5 Å². The summed E-state index contributed by atoms with van der Waals surface area (Å²) in [6.45, 7) is 0. The fourth-order valence-corrected chi connectivity index (χ4v) is 6.80. The number of rotatable bonds is 4. The molecule has 0 unspecified atom stereocenters. The van der Waals surface area contributed by atoms with E-state index >= 15 is 0 Å². The van der Waals surface area contributed by atoms with Gasteiger partial charge in [-0.2, -0.15) is 0 Å². The minimum atomic E-state index is 0.589. The summed E-state index contributed by atoms with van der Waals surface area (Å²) in [7, 11) is 0. The molecule has 10 rings (SSSR count). The lowest BCUT2D eigenvalue weighted by Gasteiger charge is -2.11. The SMILES string of the molecule is c1ccc(-c2nc(-c3ccccc3)nc(-c3ccc(-c4ccc5oc6ccccc6c5c4)c4oc5cc6ccccc6cc5c34)n2)cc1. The van der Waals surface area contributed by atoms with Gasteiger partial charge in [0.1, 0.15) is 22.3 Å². The van der Waals surface area contributed by atoms with Crippen molar-refractivity contribution in [3.63, 3.8) is 0 Å². The minimum absolute atomic E-state index is 0.589. The number of aromatic nitrogens is 3. The molecule has 0 saturated carbocycles. The monoisotopic (exact) mass is 615 g/mol. The third kappa shape index (κ3) is 4.22.